The lowest BCUT2D eigenvalue weighted by Crippen LogP contribution is -2.45. The molecule has 1 aromatic rings. The lowest BCUT2D eigenvalue weighted by Gasteiger charge is -2.26. The van der Waals surface area contributed by atoms with Gasteiger partial charge in [0.25, 0.3) is 0 Å². The number of anilines is 1. The number of nitrogens with one attached hydrogen (secondary N) is 1. The van der Waals surface area contributed by atoms with E-state index in [1.165, 1.54) is 19.3 Å². The van der Waals surface area contributed by atoms with Crippen molar-refractivity contribution in [2.75, 3.05) is 11.4 Å². The van der Waals surface area contributed by atoms with Gasteiger partial charge in [-0.3, -0.25) is 9.69 Å². The quantitative estimate of drug-likeness (QED) is 0.848. The van der Waals surface area contributed by atoms with Crippen molar-refractivity contribution in [1.82, 2.24) is 5.32 Å². The van der Waals surface area contributed by atoms with E-state index in [1.807, 2.05) is 23.1 Å². The molecule has 1 saturated carbocycles. The number of Topliss-reactive ketones (excluding diaryl/α,β-unsaturated/α-hetero) is 1. The molecule has 4 heteroatoms. The molecule has 0 saturated heterocycles. The summed E-state index contributed by atoms with van der Waals surface area (Å²) in [5, 5.41) is 3.16. The molecular formula is C17H22N2O2. The number of hydrogen-bond acceptors (Lipinski definition) is 2. The number of ketones is 1. The maximum absolute atomic E-state index is 12.4. The molecule has 0 radical (unpaired) electrons. The molecule has 2 amide bonds. The first-order chi connectivity index (χ1) is 10.1. The predicted octanol–water partition coefficient (Wildman–Crippen LogP) is 3.29. The van der Waals surface area contributed by atoms with E-state index < -0.39 is 0 Å². The van der Waals surface area contributed by atoms with Crippen molar-refractivity contribution < 1.29 is 9.59 Å². The van der Waals surface area contributed by atoms with Gasteiger partial charge in [0, 0.05) is 23.8 Å². The van der Waals surface area contributed by atoms with Crippen LogP contribution >= 0.6 is 0 Å². The van der Waals surface area contributed by atoms with Gasteiger partial charge in [0.05, 0.1) is 0 Å². The SMILES string of the molecule is CC(=O)c1ccc2c(c1)CCN2C(=O)NC1CCCCC1. The molecular weight excluding hydrogens is 264 g/mol. The molecule has 1 N–H and O–H groups in total. The van der Waals surface area contributed by atoms with Gasteiger partial charge >= 0.3 is 6.03 Å². The first kappa shape index (κ1) is 14.1. The first-order valence-electron chi connectivity index (χ1n) is 7.87. The number of rotatable bonds is 2. The van der Waals surface area contributed by atoms with E-state index in [9.17, 15) is 9.59 Å². The highest BCUT2D eigenvalue weighted by molar-refractivity contribution is 5.98. The highest BCUT2D eigenvalue weighted by Crippen LogP contribution is 2.29. The van der Waals surface area contributed by atoms with Crippen molar-refractivity contribution in [1.29, 1.82) is 0 Å². The molecule has 1 aliphatic carbocycles. The van der Waals surface area contributed by atoms with Crippen molar-refractivity contribution in [3.8, 4) is 0 Å². The van der Waals surface area contributed by atoms with Gasteiger partial charge in [0.15, 0.2) is 5.78 Å². The van der Waals surface area contributed by atoms with Crippen LogP contribution in [0.2, 0.25) is 0 Å². The van der Waals surface area contributed by atoms with E-state index in [0.717, 1.165) is 36.1 Å². The van der Waals surface area contributed by atoms with E-state index in [4.69, 9.17) is 0 Å². The number of carbonyl (C=O) groups is 2. The Labute approximate surface area is 125 Å². The summed E-state index contributed by atoms with van der Waals surface area (Å²) < 4.78 is 0. The first-order valence-corrected chi connectivity index (χ1v) is 7.87. The van der Waals surface area contributed by atoms with Crippen molar-refractivity contribution in [3.63, 3.8) is 0 Å². The third kappa shape index (κ3) is 2.94. The fourth-order valence-electron chi connectivity index (χ4n) is 3.33. The van der Waals surface area contributed by atoms with E-state index in [0.29, 0.717) is 12.6 Å². The van der Waals surface area contributed by atoms with Gasteiger partial charge in [-0.2, -0.15) is 0 Å². The number of amides is 2. The van der Waals surface area contributed by atoms with Crippen molar-refractivity contribution in [2.45, 2.75) is 51.5 Å². The summed E-state index contributed by atoms with van der Waals surface area (Å²) in [7, 11) is 0. The minimum absolute atomic E-state index is 0.0104. The second kappa shape index (κ2) is 5.88. The zero-order chi connectivity index (χ0) is 14.8. The Balaban J connectivity index is 1.71. The average Bonchev–Trinajstić information content (AvgIpc) is 2.91. The molecule has 4 nitrogen and oxygen atoms in total. The number of hydrogen-bond donors (Lipinski definition) is 1. The normalized spacial score (nSPS) is 18.4. The molecule has 0 spiro atoms. The van der Waals surface area contributed by atoms with E-state index >= 15 is 0 Å². The number of urea groups is 1. The van der Waals surface area contributed by atoms with Crippen LogP contribution in [0.15, 0.2) is 18.2 Å². The number of nitrogens with zero attached hydrogens (tertiary/aromatic N) is 1. The van der Waals surface area contributed by atoms with Gasteiger partial charge in [-0.05, 0) is 49.9 Å². The van der Waals surface area contributed by atoms with Crippen molar-refractivity contribution in [3.05, 3.63) is 29.3 Å². The van der Waals surface area contributed by atoms with Crippen LogP contribution in [-0.4, -0.2) is 24.4 Å². The molecule has 0 bridgehead atoms. The van der Waals surface area contributed by atoms with Crippen LogP contribution in [0.3, 0.4) is 0 Å². The minimum atomic E-state index is 0.0104. The molecule has 0 aromatic heterocycles. The van der Waals surface area contributed by atoms with Crippen LogP contribution < -0.4 is 10.2 Å². The summed E-state index contributed by atoms with van der Waals surface area (Å²) in [5.41, 5.74) is 2.78. The highest BCUT2D eigenvalue weighted by atomic mass is 16.2. The molecule has 112 valence electrons. The second-order valence-electron chi connectivity index (χ2n) is 6.09. The van der Waals surface area contributed by atoms with Gasteiger partial charge < -0.3 is 5.32 Å². The smallest absolute Gasteiger partial charge is 0.322 e. The highest BCUT2D eigenvalue weighted by Gasteiger charge is 2.27. The Morgan fingerprint density at radius 3 is 2.67 bits per heavy atom. The summed E-state index contributed by atoms with van der Waals surface area (Å²) >= 11 is 0. The van der Waals surface area contributed by atoms with Gasteiger partial charge in [0.2, 0.25) is 0 Å². The van der Waals surface area contributed by atoms with Gasteiger partial charge in [0.1, 0.15) is 0 Å². The standard InChI is InChI=1S/C17H22N2O2/c1-12(20)13-7-8-16-14(11-13)9-10-19(16)17(21)18-15-5-3-2-4-6-15/h7-8,11,15H,2-6,9-10H2,1H3,(H,18,21). The molecule has 2 aliphatic rings. The molecule has 1 aromatic carbocycles. The average molecular weight is 286 g/mol. The maximum Gasteiger partial charge on any atom is 0.322 e. The molecule has 1 fully saturated rings. The fourth-order valence-corrected chi connectivity index (χ4v) is 3.33. The minimum Gasteiger partial charge on any atom is -0.335 e. The third-order valence-corrected chi connectivity index (χ3v) is 4.56. The molecule has 1 aliphatic heterocycles. The van der Waals surface area contributed by atoms with E-state index in [1.54, 1.807) is 6.92 Å². The van der Waals surface area contributed by atoms with Crippen molar-refractivity contribution >= 4 is 17.5 Å². The Morgan fingerprint density at radius 1 is 1.19 bits per heavy atom. The summed E-state index contributed by atoms with van der Waals surface area (Å²) in [6.45, 7) is 2.28. The monoisotopic (exact) mass is 286 g/mol. The van der Waals surface area contributed by atoms with Crippen LogP contribution in [0.5, 0.6) is 0 Å². The van der Waals surface area contributed by atoms with Crippen molar-refractivity contribution in [2.24, 2.45) is 0 Å². The predicted molar refractivity (Wildman–Crippen MR) is 82.9 cm³/mol. The summed E-state index contributed by atoms with van der Waals surface area (Å²) in [6, 6.07) is 5.97. The third-order valence-electron chi connectivity index (χ3n) is 4.56. The van der Waals surface area contributed by atoms with E-state index in [-0.39, 0.29) is 11.8 Å². The summed E-state index contributed by atoms with van der Waals surface area (Å²) in [4.78, 5) is 25.7. The Hall–Kier alpha value is -1.84. The van der Waals surface area contributed by atoms with Gasteiger partial charge in [-0.25, -0.2) is 4.79 Å². The summed E-state index contributed by atoms with van der Waals surface area (Å²) in [5.74, 6) is 0.0721. The van der Waals surface area contributed by atoms with Gasteiger partial charge in [-0.15, -0.1) is 0 Å². The van der Waals surface area contributed by atoms with Gasteiger partial charge in [-0.1, -0.05) is 19.3 Å². The van der Waals surface area contributed by atoms with Crippen LogP contribution in [0.4, 0.5) is 10.5 Å². The lowest BCUT2D eigenvalue weighted by molar-refractivity contribution is 0.101. The fraction of sp³-hybridized carbons (Fsp3) is 0.529. The second-order valence-corrected chi connectivity index (χ2v) is 6.09. The van der Waals surface area contributed by atoms with Crippen LogP contribution in [0.1, 0.15) is 54.9 Å². The summed E-state index contributed by atoms with van der Waals surface area (Å²) in [6.07, 6.45) is 6.72. The molecule has 0 atom stereocenters. The van der Waals surface area contributed by atoms with Crippen LogP contribution in [0, 0.1) is 0 Å². The Bertz CT molecular complexity index is 562. The largest absolute Gasteiger partial charge is 0.335 e. The molecule has 21 heavy (non-hydrogen) atoms. The molecule has 0 unspecified atom stereocenters. The molecule has 3 rings (SSSR count). The zero-order valence-electron chi connectivity index (χ0n) is 12.5. The van der Waals surface area contributed by atoms with Crippen LogP contribution in [0.25, 0.3) is 0 Å². The zero-order valence-corrected chi connectivity index (χ0v) is 12.5. The number of benzene rings is 1. The maximum atomic E-state index is 12.4. The number of carbonyl (C=O) groups excluding carboxylic acids is 2. The Morgan fingerprint density at radius 2 is 1.95 bits per heavy atom. The number of fused-ring (bicyclic) bond motifs is 1. The topological polar surface area (TPSA) is 49.4 Å². The molecule has 1 heterocycles. The lowest BCUT2D eigenvalue weighted by atomic mass is 9.96. The Kier molecular flexibility index (Phi) is 3.95. The van der Waals surface area contributed by atoms with Crippen LogP contribution in [-0.2, 0) is 6.42 Å². The van der Waals surface area contributed by atoms with E-state index in [2.05, 4.69) is 5.32 Å².